The van der Waals surface area contributed by atoms with Gasteiger partial charge in [-0.1, -0.05) is 47.7 Å². The molecule has 1 saturated carbocycles. The van der Waals surface area contributed by atoms with Crippen LogP contribution in [0, 0.1) is 5.82 Å². The summed E-state index contributed by atoms with van der Waals surface area (Å²) in [6, 6.07) is 13.2. The second-order valence-electron chi connectivity index (χ2n) is 6.67. The third-order valence-electron chi connectivity index (χ3n) is 5.01. The van der Waals surface area contributed by atoms with Gasteiger partial charge < -0.3 is 4.42 Å². The molecule has 0 aliphatic heterocycles. The Morgan fingerprint density at radius 3 is 2.56 bits per heavy atom. The Kier molecular flexibility index (Phi) is 4.66. The maximum Gasteiger partial charge on any atom is 0.322 e. The van der Waals surface area contributed by atoms with Crippen molar-refractivity contribution in [1.82, 2.24) is 10.2 Å². The number of benzene rings is 2. The zero-order valence-corrected chi connectivity index (χ0v) is 15.2. The summed E-state index contributed by atoms with van der Waals surface area (Å²) in [6.07, 6.45) is 3.42. The molecule has 7 heteroatoms. The van der Waals surface area contributed by atoms with Crippen LogP contribution in [0.15, 0.2) is 52.9 Å². The Morgan fingerprint density at radius 2 is 1.85 bits per heavy atom. The SMILES string of the molecule is O=C(Nc1nnc(-c2cccc(F)c2)o1)C1(c2ccc(Cl)cc2)CCCC1. The third kappa shape index (κ3) is 3.45. The first kappa shape index (κ1) is 17.7. The Labute approximate surface area is 160 Å². The van der Waals surface area contributed by atoms with Gasteiger partial charge >= 0.3 is 6.01 Å². The number of halogens is 2. The summed E-state index contributed by atoms with van der Waals surface area (Å²) in [5, 5.41) is 11.1. The molecule has 0 saturated heterocycles. The van der Waals surface area contributed by atoms with Crippen LogP contribution in [0.25, 0.3) is 11.5 Å². The largest absolute Gasteiger partial charge is 0.403 e. The summed E-state index contributed by atoms with van der Waals surface area (Å²) < 4.78 is 18.9. The maximum absolute atomic E-state index is 13.4. The van der Waals surface area contributed by atoms with E-state index in [1.807, 2.05) is 12.1 Å². The van der Waals surface area contributed by atoms with Gasteiger partial charge in [-0.15, -0.1) is 5.10 Å². The molecule has 0 radical (unpaired) electrons. The summed E-state index contributed by atoms with van der Waals surface area (Å²) in [6.45, 7) is 0. The highest BCUT2D eigenvalue weighted by molar-refractivity contribution is 6.30. The molecule has 0 bridgehead atoms. The summed E-state index contributed by atoms with van der Waals surface area (Å²) >= 11 is 5.98. The molecule has 0 spiro atoms. The number of rotatable bonds is 4. The Bertz CT molecular complexity index is 965. The average molecular weight is 386 g/mol. The third-order valence-corrected chi connectivity index (χ3v) is 5.26. The Hall–Kier alpha value is -2.73. The molecule has 1 fully saturated rings. The van der Waals surface area contributed by atoms with Crippen molar-refractivity contribution in [3.8, 4) is 11.5 Å². The molecule has 0 unspecified atom stereocenters. The first-order valence-electron chi connectivity index (χ1n) is 8.74. The maximum atomic E-state index is 13.4. The molecular formula is C20H17ClFN3O2. The van der Waals surface area contributed by atoms with E-state index in [9.17, 15) is 9.18 Å². The van der Waals surface area contributed by atoms with E-state index in [4.69, 9.17) is 16.0 Å². The van der Waals surface area contributed by atoms with Crippen LogP contribution in [-0.4, -0.2) is 16.1 Å². The number of amides is 1. The van der Waals surface area contributed by atoms with Gasteiger partial charge in [0.2, 0.25) is 11.8 Å². The molecule has 1 N–H and O–H groups in total. The first-order chi connectivity index (χ1) is 13.1. The zero-order chi connectivity index (χ0) is 18.9. The number of nitrogens with zero attached hydrogens (tertiary/aromatic N) is 2. The number of carbonyl (C=O) groups excluding carboxylic acids is 1. The molecule has 4 rings (SSSR count). The van der Waals surface area contributed by atoms with E-state index in [2.05, 4.69) is 15.5 Å². The molecule has 0 atom stereocenters. The second kappa shape index (κ2) is 7.12. The van der Waals surface area contributed by atoms with Gasteiger partial charge in [0, 0.05) is 10.6 Å². The van der Waals surface area contributed by atoms with Crippen LogP contribution in [0.3, 0.4) is 0 Å². The number of anilines is 1. The van der Waals surface area contributed by atoms with Gasteiger partial charge in [0.1, 0.15) is 5.82 Å². The van der Waals surface area contributed by atoms with Crippen molar-refractivity contribution >= 4 is 23.5 Å². The molecule has 1 aliphatic rings. The van der Waals surface area contributed by atoms with Gasteiger partial charge in [-0.3, -0.25) is 10.1 Å². The van der Waals surface area contributed by atoms with Gasteiger partial charge in [0.25, 0.3) is 0 Å². The minimum absolute atomic E-state index is 0.000463. The van der Waals surface area contributed by atoms with E-state index in [-0.39, 0.29) is 17.8 Å². The smallest absolute Gasteiger partial charge is 0.322 e. The van der Waals surface area contributed by atoms with Crippen LogP contribution in [0.4, 0.5) is 10.4 Å². The minimum Gasteiger partial charge on any atom is -0.403 e. The van der Waals surface area contributed by atoms with Gasteiger partial charge in [0.15, 0.2) is 0 Å². The Morgan fingerprint density at radius 1 is 1.11 bits per heavy atom. The normalized spacial score (nSPS) is 15.6. The lowest BCUT2D eigenvalue weighted by molar-refractivity contribution is -0.121. The molecule has 3 aromatic rings. The van der Waals surface area contributed by atoms with Crippen molar-refractivity contribution in [1.29, 1.82) is 0 Å². The predicted octanol–water partition coefficient (Wildman–Crippen LogP) is 4.98. The lowest BCUT2D eigenvalue weighted by atomic mass is 9.78. The van der Waals surface area contributed by atoms with Crippen molar-refractivity contribution in [2.24, 2.45) is 0 Å². The van der Waals surface area contributed by atoms with Crippen molar-refractivity contribution in [3.63, 3.8) is 0 Å². The topological polar surface area (TPSA) is 68.0 Å². The molecule has 1 heterocycles. The van der Waals surface area contributed by atoms with Gasteiger partial charge in [-0.05, 0) is 48.7 Å². The fourth-order valence-electron chi connectivity index (χ4n) is 3.62. The van der Waals surface area contributed by atoms with E-state index in [1.54, 1.807) is 24.3 Å². The molecule has 27 heavy (non-hydrogen) atoms. The van der Waals surface area contributed by atoms with Gasteiger partial charge in [0.05, 0.1) is 5.41 Å². The average Bonchev–Trinajstić information content (AvgIpc) is 3.33. The van der Waals surface area contributed by atoms with Crippen LogP contribution in [0.2, 0.25) is 5.02 Å². The van der Waals surface area contributed by atoms with Crippen LogP contribution in [0.5, 0.6) is 0 Å². The van der Waals surface area contributed by atoms with E-state index in [0.29, 0.717) is 10.6 Å². The quantitative estimate of drug-likeness (QED) is 0.687. The van der Waals surface area contributed by atoms with Crippen LogP contribution >= 0.6 is 11.6 Å². The second-order valence-corrected chi connectivity index (χ2v) is 7.11. The van der Waals surface area contributed by atoms with E-state index in [0.717, 1.165) is 31.2 Å². The monoisotopic (exact) mass is 385 g/mol. The molecule has 138 valence electrons. The van der Waals surface area contributed by atoms with Crippen molar-refractivity contribution in [2.45, 2.75) is 31.1 Å². The van der Waals surface area contributed by atoms with Crippen LogP contribution < -0.4 is 5.32 Å². The highest BCUT2D eigenvalue weighted by Crippen LogP contribution is 2.42. The highest BCUT2D eigenvalue weighted by Gasteiger charge is 2.43. The lowest BCUT2D eigenvalue weighted by Crippen LogP contribution is -2.38. The Balaban J connectivity index is 1.58. The number of nitrogens with one attached hydrogen (secondary N) is 1. The molecule has 1 aliphatic carbocycles. The highest BCUT2D eigenvalue weighted by atomic mass is 35.5. The number of carbonyl (C=O) groups is 1. The van der Waals surface area contributed by atoms with Crippen LogP contribution in [-0.2, 0) is 10.2 Å². The van der Waals surface area contributed by atoms with Gasteiger partial charge in [-0.2, -0.15) is 0 Å². The summed E-state index contributed by atoms with van der Waals surface area (Å²) in [5.41, 5.74) is 0.737. The number of aromatic nitrogens is 2. The van der Waals surface area contributed by atoms with Crippen LogP contribution in [0.1, 0.15) is 31.2 Å². The first-order valence-corrected chi connectivity index (χ1v) is 9.12. The number of hydrogen-bond acceptors (Lipinski definition) is 4. The van der Waals surface area contributed by atoms with Gasteiger partial charge in [-0.25, -0.2) is 4.39 Å². The zero-order valence-electron chi connectivity index (χ0n) is 14.4. The molecule has 5 nitrogen and oxygen atoms in total. The fourth-order valence-corrected chi connectivity index (χ4v) is 3.75. The van der Waals surface area contributed by atoms with E-state index < -0.39 is 11.2 Å². The molecule has 1 amide bonds. The minimum atomic E-state index is -0.641. The predicted molar refractivity (Wildman–Crippen MR) is 99.9 cm³/mol. The van der Waals surface area contributed by atoms with Crippen molar-refractivity contribution < 1.29 is 13.6 Å². The van der Waals surface area contributed by atoms with E-state index >= 15 is 0 Å². The summed E-state index contributed by atoms with van der Waals surface area (Å²) in [5.74, 6) is -0.433. The summed E-state index contributed by atoms with van der Waals surface area (Å²) in [4.78, 5) is 13.1. The molecular weight excluding hydrogens is 369 g/mol. The summed E-state index contributed by atoms with van der Waals surface area (Å²) in [7, 11) is 0. The van der Waals surface area contributed by atoms with Crippen molar-refractivity contribution in [3.05, 3.63) is 64.9 Å². The number of hydrogen-bond donors (Lipinski definition) is 1. The van der Waals surface area contributed by atoms with E-state index in [1.165, 1.54) is 12.1 Å². The van der Waals surface area contributed by atoms with Crippen molar-refractivity contribution in [2.75, 3.05) is 5.32 Å². The fraction of sp³-hybridized carbons (Fsp3) is 0.250. The lowest BCUT2D eigenvalue weighted by Gasteiger charge is -2.27. The standard InChI is InChI=1S/C20H17ClFN3O2/c21-15-8-6-14(7-9-15)20(10-1-2-11-20)18(26)23-19-25-24-17(27-19)13-4-3-5-16(22)12-13/h3-9,12H,1-2,10-11H2,(H,23,25,26). The molecule has 1 aromatic heterocycles. The molecule has 2 aromatic carbocycles.